The highest BCUT2D eigenvalue weighted by Crippen LogP contribution is 2.59. The quantitative estimate of drug-likeness (QED) is 0.428. The molecule has 2 amide bonds. The molecule has 1 saturated carbocycles. The van der Waals surface area contributed by atoms with Crippen molar-refractivity contribution in [1.29, 1.82) is 0 Å². The molecule has 2 fully saturated rings. The van der Waals surface area contributed by atoms with Gasteiger partial charge in [0.15, 0.2) is 0 Å². The summed E-state index contributed by atoms with van der Waals surface area (Å²) in [7, 11) is 5.80. The molecule has 0 spiro atoms. The topological polar surface area (TPSA) is 37.4 Å². The van der Waals surface area contributed by atoms with Gasteiger partial charge in [0.2, 0.25) is 19.8 Å². The second-order valence-corrected chi connectivity index (χ2v) is 9.18. The smallest absolute Gasteiger partial charge is 0.242 e. The third-order valence-corrected chi connectivity index (χ3v) is 6.77. The van der Waals surface area contributed by atoms with Gasteiger partial charge in [-0.1, -0.05) is 65.8 Å². The van der Waals surface area contributed by atoms with E-state index in [1.807, 2.05) is 6.92 Å². The van der Waals surface area contributed by atoms with Crippen LogP contribution in [0.2, 0.25) is 0 Å². The van der Waals surface area contributed by atoms with Crippen LogP contribution in [0.4, 0.5) is 0 Å². The van der Waals surface area contributed by atoms with Crippen LogP contribution in [0.15, 0.2) is 24.3 Å². The number of hydrogen-bond donors (Lipinski definition) is 0. The van der Waals surface area contributed by atoms with E-state index < -0.39 is 0 Å². The zero-order valence-corrected chi connectivity index (χ0v) is 16.7. The third kappa shape index (κ3) is 3.25. The maximum Gasteiger partial charge on any atom is 0.242 e. The number of amides is 2. The Labute approximate surface area is 154 Å². The molecule has 1 aliphatic heterocycles. The molecule has 2 rings (SSSR count). The minimum absolute atomic E-state index is 0.0844. The number of carbonyl (C=O) groups excluding carboxylic acids is 2. The lowest BCUT2D eigenvalue weighted by molar-refractivity contribution is -0.135. The standard InChI is InChI=1S/C21H32BNO2/c1-8-11-20(4,5)21(6,7)15-12-14(10-9-13(2)3)16-17(15)19(25)23(22)18(16)24/h8-11,13-17H,12H2,1-7H3/b10-9+,11-8-. The summed E-state index contributed by atoms with van der Waals surface area (Å²) in [6.45, 7) is 15.1. The summed E-state index contributed by atoms with van der Waals surface area (Å²) in [6, 6.07) is 0. The Bertz CT molecular complexity index is 603. The van der Waals surface area contributed by atoms with Gasteiger partial charge in [0, 0.05) is 0 Å². The third-order valence-electron chi connectivity index (χ3n) is 6.77. The molecule has 0 aromatic rings. The number of fused-ring (bicyclic) bond motifs is 1. The van der Waals surface area contributed by atoms with Crippen LogP contribution < -0.4 is 0 Å². The molecular weight excluding hydrogens is 309 g/mol. The Morgan fingerprint density at radius 1 is 1.12 bits per heavy atom. The summed E-state index contributed by atoms with van der Waals surface area (Å²) in [5.41, 5.74) is -0.219. The number of carbonyl (C=O) groups is 2. The minimum atomic E-state index is -0.307. The van der Waals surface area contributed by atoms with Crippen LogP contribution in [-0.4, -0.2) is 24.6 Å². The van der Waals surface area contributed by atoms with Crippen molar-refractivity contribution in [3.63, 3.8) is 0 Å². The van der Waals surface area contributed by atoms with Gasteiger partial charge in [0.1, 0.15) is 0 Å². The molecule has 3 nitrogen and oxygen atoms in total. The van der Waals surface area contributed by atoms with Gasteiger partial charge in [-0.15, -0.1) is 0 Å². The van der Waals surface area contributed by atoms with Crippen LogP contribution in [0, 0.1) is 40.4 Å². The molecule has 4 unspecified atom stereocenters. The Morgan fingerprint density at radius 3 is 2.20 bits per heavy atom. The number of hydrogen-bond acceptors (Lipinski definition) is 2. The summed E-state index contributed by atoms with van der Waals surface area (Å²) < 4.78 is 0. The molecule has 4 heteroatoms. The Hall–Kier alpha value is -1.32. The molecule has 4 atom stereocenters. The largest absolute Gasteiger partial charge is 0.340 e. The summed E-state index contributed by atoms with van der Waals surface area (Å²) in [4.78, 5) is 26.3. The molecular formula is C21H32BNO2. The summed E-state index contributed by atoms with van der Waals surface area (Å²) in [6.07, 6.45) is 9.43. The maximum absolute atomic E-state index is 12.8. The normalized spacial score (nSPS) is 31.1. The second kappa shape index (κ2) is 6.77. The monoisotopic (exact) mass is 341 g/mol. The SMILES string of the molecule is [B]N1C(=O)C2C(/C=C/C(C)C)CC(C(C)(C)C(C)(C)/C=C\C)C2C1=O. The zero-order chi connectivity index (χ0) is 19.2. The van der Waals surface area contributed by atoms with Gasteiger partial charge in [0.25, 0.3) is 0 Å². The van der Waals surface area contributed by atoms with Crippen molar-refractivity contribution in [2.45, 2.75) is 54.9 Å². The highest BCUT2D eigenvalue weighted by Gasteiger charge is 2.61. The van der Waals surface area contributed by atoms with Gasteiger partial charge in [-0.3, -0.25) is 9.59 Å². The fourth-order valence-corrected chi connectivity index (χ4v) is 4.61. The van der Waals surface area contributed by atoms with Crippen molar-refractivity contribution >= 4 is 19.8 Å². The molecule has 0 bridgehead atoms. The lowest BCUT2D eigenvalue weighted by Gasteiger charge is -2.46. The van der Waals surface area contributed by atoms with Crippen molar-refractivity contribution in [3.8, 4) is 0 Å². The van der Waals surface area contributed by atoms with Crippen molar-refractivity contribution in [3.05, 3.63) is 24.3 Å². The first kappa shape index (κ1) is 20.0. The Kier molecular flexibility index (Phi) is 5.42. The lowest BCUT2D eigenvalue weighted by Crippen LogP contribution is -2.42. The van der Waals surface area contributed by atoms with Crippen molar-refractivity contribution < 1.29 is 9.59 Å². The molecule has 2 aliphatic rings. The number of allylic oxidation sites excluding steroid dienone is 4. The van der Waals surface area contributed by atoms with E-state index in [-0.39, 0.29) is 46.3 Å². The first-order valence-corrected chi connectivity index (χ1v) is 9.40. The molecule has 0 aromatic heterocycles. The summed E-state index contributed by atoms with van der Waals surface area (Å²) in [5.74, 6) is -0.401. The number of nitrogens with zero attached hydrogens (tertiary/aromatic N) is 1. The molecule has 1 heterocycles. The van der Waals surface area contributed by atoms with Crippen molar-refractivity contribution in [2.75, 3.05) is 0 Å². The fraction of sp³-hybridized carbons (Fsp3) is 0.714. The molecule has 1 aliphatic carbocycles. The summed E-state index contributed by atoms with van der Waals surface area (Å²) in [5, 5.41) is 0. The lowest BCUT2D eigenvalue weighted by atomic mass is 9.58. The minimum Gasteiger partial charge on any atom is -0.340 e. The molecule has 0 aromatic carbocycles. The van der Waals surface area contributed by atoms with Crippen LogP contribution in [0.3, 0.4) is 0 Å². The van der Waals surface area contributed by atoms with Crippen LogP contribution in [0.5, 0.6) is 0 Å². The molecule has 25 heavy (non-hydrogen) atoms. The van der Waals surface area contributed by atoms with Crippen LogP contribution in [-0.2, 0) is 9.59 Å². The van der Waals surface area contributed by atoms with Crippen molar-refractivity contribution in [1.82, 2.24) is 4.81 Å². The van der Waals surface area contributed by atoms with Crippen molar-refractivity contribution in [2.24, 2.45) is 40.4 Å². The van der Waals surface area contributed by atoms with E-state index in [0.29, 0.717) is 5.92 Å². The Balaban J connectivity index is 2.46. The van der Waals surface area contributed by atoms with E-state index >= 15 is 0 Å². The first-order valence-electron chi connectivity index (χ1n) is 9.40. The number of imide groups is 1. The fourth-order valence-electron chi connectivity index (χ4n) is 4.61. The highest BCUT2D eigenvalue weighted by atomic mass is 16.2. The van der Waals surface area contributed by atoms with Crippen LogP contribution in [0.1, 0.15) is 54.9 Å². The van der Waals surface area contributed by atoms with Gasteiger partial charge in [0.05, 0.1) is 11.8 Å². The highest BCUT2D eigenvalue weighted by molar-refractivity contribution is 6.28. The van der Waals surface area contributed by atoms with E-state index in [1.165, 1.54) is 0 Å². The zero-order valence-electron chi connectivity index (χ0n) is 16.7. The van der Waals surface area contributed by atoms with Gasteiger partial charge in [-0.05, 0) is 41.9 Å². The van der Waals surface area contributed by atoms with Crippen LogP contribution in [0.25, 0.3) is 0 Å². The van der Waals surface area contributed by atoms with E-state index in [2.05, 4.69) is 65.8 Å². The first-order chi connectivity index (χ1) is 11.5. The maximum atomic E-state index is 12.8. The van der Waals surface area contributed by atoms with Gasteiger partial charge in [-0.25, -0.2) is 0 Å². The van der Waals surface area contributed by atoms with E-state index in [9.17, 15) is 9.59 Å². The van der Waals surface area contributed by atoms with E-state index in [0.717, 1.165) is 11.2 Å². The van der Waals surface area contributed by atoms with Gasteiger partial charge < -0.3 is 4.81 Å². The van der Waals surface area contributed by atoms with Gasteiger partial charge >= 0.3 is 0 Å². The average molecular weight is 341 g/mol. The molecule has 2 radical (unpaired) electrons. The second-order valence-electron chi connectivity index (χ2n) is 9.18. The Morgan fingerprint density at radius 2 is 1.68 bits per heavy atom. The predicted octanol–water partition coefficient (Wildman–Crippen LogP) is 4.15. The number of rotatable bonds is 5. The van der Waals surface area contributed by atoms with Crippen LogP contribution >= 0.6 is 0 Å². The van der Waals surface area contributed by atoms with Gasteiger partial charge in [-0.2, -0.15) is 0 Å². The van der Waals surface area contributed by atoms with E-state index in [4.69, 9.17) is 7.98 Å². The molecule has 136 valence electrons. The molecule has 1 saturated heterocycles. The summed E-state index contributed by atoms with van der Waals surface area (Å²) >= 11 is 0. The average Bonchev–Trinajstić information content (AvgIpc) is 2.99. The van der Waals surface area contributed by atoms with E-state index in [1.54, 1.807) is 0 Å². The predicted molar refractivity (Wildman–Crippen MR) is 103 cm³/mol. The molecule has 0 N–H and O–H groups in total.